The number of nitrogens with one attached hydrogen (secondary N) is 1. The zero-order valence-electron chi connectivity index (χ0n) is 13.5. The molecule has 6 heteroatoms. The number of amides is 1. The van der Waals surface area contributed by atoms with Crippen molar-refractivity contribution in [2.45, 2.75) is 31.3 Å². The molecule has 3 N–H and O–H groups in total. The van der Waals surface area contributed by atoms with Gasteiger partial charge in [-0.15, -0.1) is 0 Å². The third-order valence-corrected chi connectivity index (χ3v) is 4.33. The lowest BCUT2D eigenvalue weighted by Crippen LogP contribution is -2.45. The molecular weight excluding hydrogens is 298 g/mol. The number of hydrogen-bond acceptors (Lipinski definition) is 5. The number of benzene rings is 1. The van der Waals surface area contributed by atoms with Gasteiger partial charge in [0.1, 0.15) is 5.75 Å². The molecule has 1 aromatic rings. The van der Waals surface area contributed by atoms with Crippen molar-refractivity contribution in [2.75, 3.05) is 27.1 Å². The molecule has 0 unspecified atom stereocenters. The Kier molecular flexibility index (Phi) is 6.38. The number of carbonyl (C=O) groups is 1. The van der Waals surface area contributed by atoms with Gasteiger partial charge in [-0.1, -0.05) is 0 Å². The molecule has 0 bridgehead atoms. The summed E-state index contributed by atoms with van der Waals surface area (Å²) < 4.78 is 10.1. The normalized spacial score (nSPS) is 24.2. The van der Waals surface area contributed by atoms with E-state index in [9.17, 15) is 9.90 Å². The first-order chi connectivity index (χ1) is 11.1. The highest BCUT2D eigenvalue weighted by atomic mass is 16.7. The van der Waals surface area contributed by atoms with Gasteiger partial charge in [0.2, 0.25) is 0 Å². The first-order valence-corrected chi connectivity index (χ1v) is 7.89. The van der Waals surface area contributed by atoms with Gasteiger partial charge in [0.15, 0.2) is 6.79 Å². The van der Waals surface area contributed by atoms with Gasteiger partial charge in [0, 0.05) is 25.8 Å². The molecule has 6 nitrogen and oxygen atoms in total. The SMILES string of the molecule is COCOc1ccc(C(=O)NC[C@]2(O)CC[C@@H](CO)CC2)cc1. The van der Waals surface area contributed by atoms with E-state index in [2.05, 4.69) is 5.32 Å². The third kappa shape index (κ3) is 5.20. The molecule has 1 saturated carbocycles. The predicted octanol–water partition coefficient (Wildman–Crippen LogP) is 1.31. The average Bonchev–Trinajstić information content (AvgIpc) is 2.59. The minimum absolute atomic E-state index is 0.160. The molecule has 0 heterocycles. The molecule has 0 atom stereocenters. The second-order valence-corrected chi connectivity index (χ2v) is 6.11. The summed E-state index contributed by atoms with van der Waals surface area (Å²) in [5.74, 6) is 0.677. The molecule has 1 amide bonds. The molecule has 1 aromatic carbocycles. The van der Waals surface area contributed by atoms with Gasteiger partial charge in [-0.3, -0.25) is 4.79 Å². The molecular formula is C17H25NO5. The maximum Gasteiger partial charge on any atom is 0.251 e. The van der Waals surface area contributed by atoms with Crippen LogP contribution in [0.1, 0.15) is 36.0 Å². The fourth-order valence-corrected chi connectivity index (χ4v) is 2.75. The van der Waals surface area contributed by atoms with Crippen molar-refractivity contribution in [3.05, 3.63) is 29.8 Å². The highest BCUT2D eigenvalue weighted by Crippen LogP contribution is 2.31. The summed E-state index contributed by atoms with van der Waals surface area (Å²) in [6.07, 6.45) is 2.77. The maximum atomic E-state index is 12.1. The lowest BCUT2D eigenvalue weighted by atomic mass is 9.79. The van der Waals surface area contributed by atoms with Gasteiger partial charge in [0.05, 0.1) is 5.60 Å². The van der Waals surface area contributed by atoms with E-state index < -0.39 is 5.60 Å². The van der Waals surface area contributed by atoms with Crippen molar-refractivity contribution >= 4 is 5.91 Å². The van der Waals surface area contributed by atoms with Crippen molar-refractivity contribution in [1.29, 1.82) is 0 Å². The number of rotatable bonds is 7. The van der Waals surface area contributed by atoms with Crippen LogP contribution in [-0.4, -0.2) is 48.8 Å². The summed E-state index contributed by atoms with van der Waals surface area (Å²) in [6.45, 7) is 0.555. The van der Waals surface area contributed by atoms with Crippen molar-refractivity contribution in [1.82, 2.24) is 5.32 Å². The van der Waals surface area contributed by atoms with Gasteiger partial charge in [-0.25, -0.2) is 0 Å². The molecule has 0 radical (unpaired) electrons. The Morgan fingerprint density at radius 2 is 1.96 bits per heavy atom. The Balaban J connectivity index is 1.82. The van der Waals surface area contributed by atoms with Crippen LogP contribution in [0.15, 0.2) is 24.3 Å². The average molecular weight is 323 g/mol. The standard InChI is InChI=1S/C17H25NO5/c1-22-12-23-15-4-2-14(3-5-15)16(20)18-11-17(21)8-6-13(10-19)7-9-17/h2-5,13,19,21H,6-12H2,1H3,(H,18,20)/t13-,17+. The lowest BCUT2D eigenvalue weighted by molar-refractivity contribution is -0.0144. The number of ether oxygens (including phenoxy) is 2. The van der Waals surface area contributed by atoms with Crippen LogP contribution in [0, 0.1) is 5.92 Å². The summed E-state index contributed by atoms with van der Waals surface area (Å²) in [5, 5.41) is 22.4. The van der Waals surface area contributed by atoms with Crippen LogP contribution in [-0.2, 0) is 4.74 Å². The van der Waals surface area contributed by atoms with E-state index in [1.54, 1.807) is 31.4 Å². The van der Waals surface area contributed by atoms with Crippen LogP contribution >= 0.6 is 0 Å². The lowest BCUT2D eigenvalue weighted by Gasteiger charge is -2.35. The Morgan fingerprint density at radius 1 is 1.30 bits per heavy atom. The number of hydrogen-bond donors (Lipinski definition) is 3. The van der Waals surface area contributed by atoms with Gasteiger partial charge < -0.3 is 25.0 Å². The number of aliphatic hydroxyl groups is 2. The maximum absolute atomic E-state index is 12.1. The van der Waals surface area contributed by atoms with Crippen molar-refractivity contribution < 1.29 is 24.5 Å². The first kappa shape index (κ1) is 17.7. The number of methoxy groups -OCH3 is 1. The quantitative estimate of drug-likeness (QED) is 0.659. The molecule has 0 saturated heterocycles. The minimum atomic E-state index is -0.872. The smallest absolute Gasteiger partial charge is 0.251 e. The second kappa shape index (κ2) is 8.29. The van der Waals surface area contributed by atoms with E-state index in [1.165, 1.54) is 0 Å². The van der Waals surface area contributed by atoms with E-state index in [0.717, 1.165) is 12.8 Å². The van der Waals surface area contributed by atoms with E-state index in [0.29, 0.717) is 24.2 Å². The fraction of sp³-hybridized carbons (Fsp3) is 0.588. The summed E-state index contributed by atoms with van der Waals surface area (Å²) in [4.78, 5) is 12.1. The van der Waals surface area contributed by atoms with E-state index in [1.807, 2.05) is 0 Å². The van der Waals surface area contributed by atoms with Gasteiger partial charge in [-0.2, -0.15) is 0 Å². The topological polar surface area (TPSA) is 88.0 Å². The van der Waals surface area contributed by atoms with Crippen molar-refractivity contribution in [3.8, 4) is 5.75 Å². The second-order valence-electron chi connectivity index (χ2n) is 6.11. The molecule has 0 spiro atoms. The summed E-state index contributed by atoms with van der Waals surface area (Å²) in [7, 11) is 1.54. The fourth-order valence-electron chi connectivity index (χ4n) is 2.75. The van der Waals surface area contributed by atoms with Crippen LogP contribution in [0.4, 0.5) is 0 Å². The Hall–Kier alpha value is -1.63. The molecule has 1 aliphatic rings. The van der Waals surface area contributed by atoms with Crippen LogP contribution in [0.25, 0.3) is 0 Å². The molecule has 1 aliphatic carbocycles. The van der Waals surface area contributed by atoms with Crippen LogP contribution in [0.2, 0.25) is 0 Å². The van der Waals surface area contributed by atoms with Crippen LogP contribution in [0.3, 0.4) is 0 Å². The van der Waals surface area contributed by atoms with Gasteiger partial charge >= 0.3 is 0 Å². The van der Waals surface area contributed by atoms with Gasteiger partial charge in [-0.05, 0) is 55.9 Å². The molecule has 2 rings (SSSR count). The minimum Gasteiger partial charge on any atom is -0.468 e. The number of aliphatic hydroxyl groups excluding tert-OH is 1. The Labute approximate surface area is 136 Å². The third-order valence-electron chi connectivity index (χ3n) is 4.33. The van der Waals surface area contributed by atoms with E-state index in [4.69, 9.17) is 14.6 Å². The summed E-state index contributed by atoms with van der Waals surface area (Å²) in [6, 6.07) is 6.75. The molecule has 128 valence electrons. The van der Waals surface area contributed by atoms with E-state index >= 15 is 0 Å². The monoisotopic (exact) mass is 323 g/mol. The highest BCUT2D eigenvalue weighted by Gasteiger charge is 2.33. The van der Waals surface area contributed by atoms with Crippen molar-refractivity contribution in [2.24, 2.45) is 5.92 Å². The zero-order chi connectivity index (χ0) is 16.7. The Morgan fingerprint density at radius 3 is 2.52 bits per heavy atom. The Bertz CT molecular complexity index is 494. The molecule has 0 aliphatic heterocycles. The molecule has 23 heavy (non-hydrogen) atoms. The van der Waals surface area contributed by atoms with Crippen LogP contribution in [0.5, 0.6) is 5.75 Å². The molecule has 0 aromatic heterocycles. The van der Waals surface area contributed by atoms with E-state index in [-0.39, 0.29) is 31.8 Å². The number of carbonyl (C=O) groups excluding carboxylic acids is 1. The molecule has 1 fully saturated rings. The largest absolute Gasteiger partial charge is 0.468 e. The predicted molar refractivity (Wildman–Crippen MR) is 85.3 cm³/mol. The summed E-state index contributed by atoms with van der Waals surface area (Å²) in [5.41, 5.74) is -0.356. The first-order valence-electron chi connectivity index (χ1n) is 7.89. The van der Waals surface area contributed by atoms with Crippen LogP contribution < -0.4 is 10.1 Å². The summed E-state index contributed by atoms with van der Waals surface area (Å²) >= 11 is 0. The van der Waals surface area contributed by atoms with Crippen molar-refractivity contribution in [3.63, 3.8) is 0 Å². The highest BCUT2D eigenvalue weighted by molar-refractivity contribution is 5.94. The van der Waals surface area contributed by atoms with Gasteiger partial charge in [0.25, 0.3) is 5.91 Å². The zero-order valence-corrected chi connectivity index (χ0v) is 13.5.